The molecule has 6 nitrogen and oxygen atoms in total. The molecule has 1 saturated heterocycles. The normalized spacial score (nSPS) is 30.3. The Kier molecular flexibility index (Phi) is 5.10. The van der Waals surface area contributed by atoms with Crippen molar-refractivity contribution in [3.63, 3.8) is 0 Å². The topological polar surface area (TPSA) is 81.8 Å². The molecular weight excluding hydrogens is 376 g/mol. The van der Waals surface area contributed by atoms with E-state index in [1.54, 1.807) is 23.9 Å². The fourth-order valence-corrected chi connectivity index (χ4v) is 6.59. The van der Waals surface area contributed by atoms with E-state index in [0.717, 1.165) is 24.2 Å². The molecule has 4 unspecified atom stereocenters. The third kappa shape index (κ3) is 3.17. The van der Waals surface area contributed by atoms with Crippen LogP contribution in [0.5, 0.6) is 0 Å². The van der Waals surface area contributed by atoms with E-state index in [0.29, 0.717) is 13.0 Å². The fraction of sp³-hybridized carbons (Fsp3) is 0.429. The Balaban J connectivity index is 1.66. The van der Waals surface area contributed by atoms with Crippen molar-refractivity contribution >= 4 is 29.1 Å². The maximum Gasteiger partial charge on any atom is 0.310 e. The number of aliphatic imine (C=N–C) groups is 1. The predicted molar refractivity (Wildman–Crippen MR) is 110 cm³/mol. The monoisotopic (exact) mass is 398 g/mol. The molecule has 1 aromatic rings. The van der Waals surface area contributed by atoms with Gasteiger partial charge in [0.1, 0.15) is 0 Å². The highest BCUT2D eigenvalue weighted by atomic mass is 32.2. The number of thioether (sulfide) groups is 1. The molecule has 1 spiro atoms. The number of rotatable bonds is 5. The van der Waals surface area contributed by atoms with Crippen molar-refractivity contribution in [2.75, 3.05) is 13.2 Å². The Hall–Kier alpha value is -2.41. The number of ether oxygens (including phenoxy) is 1. The summed E-state index contributed by atoms with van der Waals surface area (Å²) in [5, 5.41) is 10.9. The molecule has 0 N–H and O–H groups in total. The zero-order chi connectivity index (χ0) is 19.7. The van der Waals surface area contributed by atoms with Gasteiger partial charge in [0.15, 0.2) is 0 Å². The highest BCUT2D eigenvalue weighted by Gasteiger charge is 2.58. The largest absolute Gasteiger partial charge is 0.466 e. The first-order chi connectivity index (χ1) is 13.5. The summed E-state index contributed by atoms with van der Waals surface area (Å²) >= 11 is 1.79. The van der Waals surface area contributed by atoms with Gasteiger partial charge in [-0.05, 0) is 37.3 Å². The number of esters is 1. The van der Waals surface area contributed by atoms with Crippen molar-refractivity contribution in [3.05, 3.63) is 64.2 Å². The zero-order valence-corrected chi connectivity index (χ0v) is 16.4. The smallest absolute Gasteiger partial charge is 0.310 e. The Labute approximate surface area is 167 Å². The number of hydrogen-bond donors (Lipinski definition) is 0. The number of carbonyl (C=O) groups excluding carboxylic acids is 1. The quantitative estimate of drug-likeness (QED) is 0.428. The van der Waals surface area contributed by atoms with Gasteiger partial charge in [-0.3, -0.25) is 19.9 Å². The van der Waals surface area contributed by atoms with Gasteiger partial charge < -0.3 is 4.74 Å². The molecule has 0 saturated carbocycles. The summed E-state index contributed by atoms with van der Waals surface area (Å²) in [6, 6.07) is 6.61. The molecule has 4 atom stereocenters. The van der Waals surface area contributed by atoms with E-state index in [1.165, 1.54) is 12.1 Å². The minimum atomic E-state index is -0.398. The van der Waals surface area contributed by atoms with Gasteiger partial charge in [-0.15, -0.1) is 11.8 Å². The molecule has 0 bridgehead atoms. The van der Waals surface area contributed by atoms with Crippen molar-refractivity contribution < 1.29 is 14.5 Å². The van der Waals surface area contributed by atoms with Crippen LogP contribution in [0.15, 0.2) is 53.6 Å². The fourth-order valence-electron chi connectivity index (χ4n) is 4.51. The maximum atomic E-state index is 12.9. The van der Waals surface area contributed by atoms with Gasteiger partial charge >= 0.3 is 5.97 Å². The van der Waals surface area contributed by atoms with Crippen LogP contribution in [0.2, 0.25) is 0 Å². The summed E-state index contributed by atoms with van der Waals surface area (Å²) in [6.07, 6.45) is 9.79. The van der Waals surface area contributed by atoms with Crippen molar-refractivity contribution in [2.24, 2.45) is 16.8 Å². The van der Waals surface area contributed by atoms with Crippen molar-refractivity contribution in [2.45, 2.75) is 29.8 Å². The Morgan fingerprint density at radius 2 is 2.14 bits per heavy atom. The number of nitrogens with zero attached hydrogens (tertiary/aromatic N) is 2. The minimum Gasteiger partial charge on any atom is -0.466 e. The lowest BCUT2D eigenvalue weighted by molar-refractivity contribution is -0.384. The average Bonchev–Trinajstić information content (AvgIpc) is 3.00. The minimum absolute atomic E-state index is 0.0324. The van der Waals surface area contributed by atoms with Crippen molar-refractivity contribution in [1.29, 1.82) is 0 Å². The van der Waals surface area contributed by atoms with Crippen LogP contribution in [-0.2, 0) is 16.0 Å². The first-order valence-electron chi connectivity index (χ1n) is 9.54. The van der Waals surface area contributed by atoms with Gasteiger partial charge in [0.2, 0.25) is 0 Å². The number of hydrogen-bond acceptors (Lipinski definition) is 6. The second kappa shape index (κ2) is 7.54. The lowest BCUT2D eigenvalue weighted by atomic mass is 9.72. The van der Waals surface area contributed by atoms with E-state index in [1.807, 2.05) is 19.1 Å². The first-order valence-corrected chi connectivity index (χ1v) is 10.4. The molecule has 0 aromatic heterocycles. The van der Waals surface area contributed by atoms with Crippen LogP contribution in [0.25, 0.3) is 0 Å². The molecular formula is C21H22N2O4S. The number of benzene rings is 1. The molecule has 3 aliphatic rings. The molecule has 28 heavy (non-hydrogen) atoms. The standard InChI is InChI=1S/C21H22N2O4S/c1-2-27-20(24)19-16-10-12-22-18-5-3-4-11-21(16,18)28-17(19)13-14-6-8-15(9-7-14)23(25)26/h3-9,11,16-17,19H,2,10,12-13H2,1H3. The highest BCUT2D eigenvalue weighted by molar-refractivity contribution is 8.02. The van der Waals surface area contributed by atoms with Crippen LogP contribution in [-0.4, -0.2) is 39.8 Å². The van der Waals surface area contributed by atoms with E-state index in [2.05, 4.69) is 12.2 Å². The summed E-state index contributed by atoms with van der Waals surface area (Å²) in [5.74, 6) is -0.219. The Bertz CT molecular complexity index is 877. The van der Waals surface area contributed by atoms with Gasteiger partial charge in [0.05, 0.1) is 27.9 Å². The number of allylic oxidation sites excluding steroid dienone is 3. The zero-order valence-electron chi connectivity index (χ0n) is 15.6. The summed E-state index contributed by atoms with van der Waals surface area (Å²) < 4.78 is 5.16. The van der Waals surface area contributed by atoms with Gasteiger partial charge in [-0.1, -0.05) is 30.4 Å². The van der Waals surface area contributed by atoms with Crippen LogP contribution in [0.4, 0.5) is 5.69 Å². The average molecular weight is 398 g/mol. The number of carbonyl (C=O) groups is 1. The highest BCUT2D eigenvalue weighted by Crippen LogP contribution is 2.57. The third-order valence-corrected chi connectivity index (χ3v) is 7.51. The summed E-state index contributed by atoms with van der Waals surface area (Å²) in [4.78, 5) is 28.1. The second-order valence-corrected chi connectivity index (χ2v) is 8.75. The van der Waals surface area contributed by atoms with E-state index < -0.39 is 4.92 Å². The summed E-state index contributed by atoms with van der Waals surface area (Å²) in [5.41, 5.74) is 2.10. The van der Waals surface area contributed by atoms with Crippen molar-refractivity contribution in [1.82, 2.24) is 0 Å². The first kappa shape index (κ1) is 18.9. The molecule has 4 rings (SSSR count). The molecule has 0 amide bonds. The van der Waals surface area contributed by atoms with E-state index in [9.17, 15) is 14.9 Å². The van der Waals surface area contributed by atoms with Crippen LogP contribution < -0.4 is 0 Å². The molecule has 2 aliphatic heterocycles. The number of nitro benzene ring substituents is 1. The summed E-state index contributed by atoms with van der Waals surface area (Å²) in [7, 11) is 0. The molecule has 146 valence electrons. The molecule has 0 radical (unpaired) electrons. The Morgan fingerprint density at radius 1 is 1.36 bits per heavy atom. The van der Waals surface area contributed by atoms with Crippen LogP contribution in [0.1, 0.15) is 18.9 Å². The molecule has 1 aromatic carbocycles. The Morgan fingerprint density at radius 3 is 2.86 bits per heavy atom. The number of nitro groups is 1. The summed E-state index contributed by atoms with van der Waals surface area (Å²) in [6.45, 7) is 2.92. The molecule has 1 fully saturated rings. The third-order valence-electron chi connectivity index (χ3n) is 5.71. The van der Waals surface area contributed by atoms with E-state index in [4.69, 9.17) is 9.73 Å². The molecule has 1 aliphatic carbocycles. The van der Waals surface area contributed by atoms with Gasteiger partial charge in [-0.2, -0.15) is 0 Å². The van der Waals surface area contributed by atoms with Crippen LogP contribution in [0.3, 0.4) is 0 Å². The SMILES string of the molecule is CCOC(=O)C1C(Cc2ccc([N+](=O)[O-])cc2)SC23C=CC=CC2=NCCC13. The van der Waals surface area contributed by atoms with Gasteiger partial charge in [-0.25, -0.2) is 0 Å². The van der Waals surface area contributed by atoms with E-state index in [-0.39, 0.29) is 33.5 Å². The van der Waals surface area contributed by atoms with Crippen LogP contribution >= 0.6 is 11.8 Å². The predicted octanol–water partition coefficient (Wildman–Crippen LogP) is 3.76. The lowest BCUT2D eigenvalue weighted by Gasteiger charge is -2.37. The van der Waals surface area contributed by atoms with Gasteiger partial charge in [0, 0.05) is 23.9 Å². The second-order valence-electron chi connectivity index (χ2n) is 7.24. The van der Waals surface area contributed by atoms with Crippen molar-refractivity contribution in [3.8, 4) is 0 Å². The lowest BCUT2D eigenvalue weighted by Crippen LogP contribution is -2.45. The molecule has 2 heterocycles. The maximum absolute atomic E-state index is 12.9. The van der Waals surface area contributed by atoms with E-state index >= 15 is 0 Å². The van der Waals surface area contributed by atoms with Crippen LogP contribution in [0, 0.1) is 22.0 Å². The van der Waals surface area contributed by atoms with Gasteiger partial charge in [0.25, 0.3) is 5.69 Å². The molecule has 7 heteroatoms. The number of non-ortho nitro benzene ring substituents is 1.